The molecule has 0 saturated heterocycles. The molecule has 2 atom stereocenters. The quantitative estimate of drug-likeness (QED) is 0.458. The van der Waals surface area contributed by atoms with Gasteiger partial charge in [0.2, 0.25) is 0 Å². The van der Waals surface area contributed by atoms with E-state index in [0.717, 1.165) is 0 Å². The maximum Gasteiger partial charge on any atom is 0.404 e. The van der Waals surface area contributed by atoms with Crippen LogP contribution in [0.3, 0.4) is 0 Å². The second-order valence-electron chi connectivity index (χ2n) is 3.22. The predicted octanol–water partition coefficient (Wildman–Crippen LogP) is 0.0822. The first kappa shape index (κ1) is 12.7. The number of aliphatic carboxylic acids is 1. The molecule has 14 heavy (non-hydrogen) atoms. The summed E-state index contributed by atoms with van der Waals surface area (Å²) in [5.41, 5.74) is 5.37. The second kappa shape index (κ2) is 6.20. The molecule has 6 heteroatoms. The van der Waals surface area contributed by atoms with Crippen molar-refractivity contribution in [3.63, 3.8) is 0 Å². The summed E-state index contributed by atoms with van der Waals surface area (Å²) in [5.74, 6) is -1.17. The van der Waals surface area contributed by atoms with Crippen LogP contribution in [0.15, 0.2) is 0 Å². The van der Waals surface area contributed by atoms with Gasteiger partial charge in [-0.15, -0.1) is 0 Å². The molecule has 0 aromatic carbocycles. The van der Waals surface area contributed by atoms with Gasteiger partial charge >= 0.3 is 12.1 Å². The Morgan fingerprint density at radius 3 is 2.43 bits per heavy atom. The standard InChI is InChI=1S/C8H16N2O4/c1-5(6(9)7(11)12)3-2-4-10-8(13)14/h5-6,10H,2-4,9H2,1H3,(H,11,12)(H,13,14)/t5?,6-/m0/s1. The molecule has 0 saturated carbocycles. The molecule has 0 aliphatic rings. The zero-order valence-corrected chi connectivity index (χ0v) is 8.06. The molecule has 5 N–H and O–H groups in total. The Morgan fingerprint density at radius 2 is 2.00 bits per heavy atom. The summed E-state index contributed by atoms with van der Waals surface area (Å²) in [6.07, 6.45) is 0.113. The first-order chi connectivity index (χ1) is 6.45. The van der Waals surface area contributed by atoms with Crippen LogP contribution in [0.2, 0.25) is 0 Å². The lowest BCUT2D eigenvalue weighted by atomic mass is 9.97. The minimum absolute atomic E-state index is 0.150. The van der Waals surface area contributed by atoms with Gasteiger partial charge in [-0.3, -0.25) is 4.79 Å². The van der Waals surface area contributed by atoms with E-state index in [9.17, 15) is 9.59 Å². The summed E-state index contributed by atoms with van der Waals surface area (Å²) in [6.45, 7) is 2.06. The number of nitrogens with two attached hydrogens (primary N) is 1. The van der Waals surface area contributed by atoms with Gasteiger partial charge in [0.05, 0.1) is 0 Å². The summed E-state index contributed by atoms with van der Waals surface area (Å²) in [5, 5.41) is 19.0. The molecule has 0 heterocycles. The monoisotopic (exact) mass is 204 g/mol. The van der Waals surface area contributed by atoms with Crippen LogP contribution in [0, 0.1) is 5.92 Å². The van der Waals surface area contributed by atoms with E-state index in [1.165, 1.54) is 0 Å². The number of rotatable bonds is 6. The van der Waals surface area contributed by atoms with Crippen molar-refractivity contribution in [2.75, 3.05) is 6.54 Å². The Morgan fingerprint density at radius 1 is 1.43 bits per heavy atom. The summed E-state index contributed by atoms with van der Waals surface area (Å²) in [4.78, 5) is 20.5. The largest absolute Gasteiger partial charge is 0.480 e. The molecule has 0 aliphatic carbocycles. The molecule has 1 unspecified atom stereocenters. The van der Waals surface area contributed by atoms with E-state index < -0.39 is 18.1 Å². The number of carboxylic acids is 1. The normalized spacial score (nSPS) is 14.4. The van der Waals surface area contributed by atoms with Crippen molar-refractivity contribution in [3.05, 3.63) is 0 Å². The van der Waals surface area contributed by atoms with Crippen molar-refractivity contribution in [2.24, 2.45) is 11.7 Å². The van der Waals surface area contributed by atoms with Crippen molar-refractivity contribution in [3.8, 4) is 0 Å². The van der Waals surface area contributed by atoms with E-state index in [2.05, 4.69) is 5.32 Å². The molecule has 0 radical (unpaired) electrons. The van der Waals surface area contributed by atoms with E-state index in [0.29, 0.717) is 19.4 Å². The van der Waals surface area contributed by atoms with Gasteiger partial charge in [0, 0.05) is 6.54 Å². The Labute approximate surface area is 82.1 Å². The fraction of sp³-hybridized carbons (Fsp3) is 0.750. The third-order valence-electron chi connectivity index (χ3n) is 2.01. The number of carboxylic acid groups (broad SMARTS) is 2. The van der Waals surface area contributed by atoms with Crippen LogP contribution in [0.5, 0.6) is 0 Å². The molecule has 0 bridgehead atoms. The molecule has 82 valence electrons. The molecule has 0 aliphatic heterocycles. The fourth-order valence-electron chi connectivity index (χ4n) is 1.04. The van der Waals surface area contributed by atoms with E-state index in [1.54, 1.807) is 6.92 Å². The summed E-state index contributed by atoms with van der Waals surface area (Å²) in [6, 6.07) is -0.875. The lowest BCUT2D eigenvalue weighted by Crippen LogP contribution is -2.37. The predicted molar refractivity (Wildman–Crippen MR) is 50.0 cm³/mol. The Kier molecular flexibility index (Phi) is 5.62. The van der Waals surface area contributed by atoms with Gasteiger partial charge < -0.3 is 21.3 Å². The van der Waals surface area contributed by atoms with Crippen LogP contribution < -0.4 is 11.1 Å². The van der Waals surface area contributed by atoms with Crippen molar-refractivity contribution < 1.29 is 19.8 Å². The topological polar surface area (TPSA) is 113 Å². The fourth-order valence-corrected chi connectivity index (χ4v) is 1.04. The van der Waals surface area contributed by atoms with Gasteiger partial charge in [-0.1, -0.05) is 6.92 Å². The number of nitrogens with one attached hydrogen (secondary N) is 1. The summed E-state index contributed by atoms with van der Waals surface area (Å²) >= 11 is 0. The van der Waals surface area contributed by atoms with Crippen LogP contribution in [-0.4, -0.2) is 34.9 Å². The molecule has 0 aromatic heterocycles. The summed E-state index contributed by atoms with van der Waals surface area (Å²) in [7, 11) is 0. The van der Waals surface area contributed by atoms with Crippen LogP contribution in [0.25, 0.3) is 0 Å². The average molecular weight is 204 g/mol. The Hall–Kier alpha value is -1.30. The Bertz CT molecular complexity index is 208. The lowest BCUT2D eigenvalue weighted by molar-refractivity contribution is -0.139. The first-order valence-corrected chi connectivity index (χ1v) is 4.40. The second-order valence-corrected chi connectivity index (χ2v) is 3.22. The van der Waals surface area contributed by atoms with Crippen LogP contribution in [-0.2, 0) is 4.79 Å². The maximum absolute atomic E-state index is 10.4. The van der Waals surface area contributed by atoms with Gasteiger partial charge in [0.1, 0.15) is 6.04 Å². The van der Waals surface area contributed by atoms with E-state index in [4.69, 9.17) is 15.9 Å². The molecular weight excluding hydrogens is 188 g/mol. The van der Waals surface area contributed by atoms with Crippen LogP contribution in [0.1, 0.15) is 19.8 Å². The molecule has 0 spiro atoms. The van der Waals surface area contributed by atoms with Crippen molar-refractivity contribution in [1.82, 2.24) is 5.32 Å². The van der Waals surface area contributed by atoms with Crippen LogP contribution in [0.4, 0.5) is 4.79 Å². The summed E-state index contributed by atoms with van der Waals surface area (Å²) < 4.78 is 0. The third kappa shape index (κ3) is 5.36. The highest BCUT2D eigenvalue weighted by Crippen LogP contribution is 2.08. The lowest BCUT2D eigenvalue weighted by Gasteiger charge is -2.15. The average Bonchev–Trinajstić information content (AvgIpc) is 2.10. The zero-order valence-electron chi connectivity index (χ0n) is 8.06. The van der Waals surface area contributed by atoms with E-state index in [-0.39, 0.29) is 5.92 Å². The molecule has 0 rings (SSSR count). The van der Waals surface area contributed by atoms with Gasteiger partial charge in [-0.2, -0.15) is 0 Å². The molecule has 0 fully saturated rings. The van der Waals surface area contributed by atoms with Crippen molar-refractivity contribution in [2.45, 2.75) is 25.8 Å². The SMILES string of the molecule is CC(CCCNC(=O)O)[C@H](N)C(=O)O. The Balaban J connectivity index is 3.58. The van der Waals surface area contributed by atoms with Crippen molar-refractivity contribution >= 4 is 12.1 Å². The van der Waals surface area contributed by atoms with Gasteiger partial charge in [0.25, 0.3) is 0 Å². The highest BCUT2D eigenvalue weighted by Gasteiger charge is 2.19. The smallest absolute Gasteiger partial charge is 0.404 e. The number of hydrogen-bond acceptors (Lipinski definition) is 3. The minimum Gasteiger partial charge on any atom is -0.480 e. The minimum atomic E-state index is -1.07. The molecule has 0 aromatic rings. The molecule has 6 nitrogen and oxygen atoms in total. The molecular formula is C8H16N2O4. The van der Waals surface area contributed by atoms with E-state index in [1.807, 2.05) is 0 Å². The third-order valence-corrected chi connectivity index (χ3v) is 2.01. The molecule has 1 amide bonds. The van der Waals surface area contributed by atoms with E-state index >= 15 is 0 Å². The zero-order chi connectivity index (χ0) is 11.1. The number of hydrogen-bond donors (Lipinski definition) is 4. The van der Waals surface area contributed by atoms with Gasteiger partial charge in [0.15, 0.2) is 0 Å². The van der Waals surface area contributed by atoms with Crippen LogP contribution >= 0.6 is 0 Å². The number of amides is 1. The highest BCUT2D eigenvalue weighted by molar-refractivity contribution is 5.73. The highest BCUT2D eigenvalue weighted by atomic mass is 16.4. The number of carbonyl (C=O) groups is 2. The maximum atomic E-state index is 10.4. The first-order valence-electron chi connectivity index (χ1n) is 4.40. The van der Waals surface area contributed by atoms with Crippen molar-refractivity contribution in [1.29, 1.82) is 0 Å². The van der Waals surface area contributed by atoms with Gasteiger partial charge in [-0.05, 0) is 18.8 Å². The van der Waals surface area contributed by atoms with Gasteiger partial charge in [-0.25, -0.2) is 4.79 Å².